The second-order valence-corrected chi connectivity index (χ2v) is 4.43. The van der Waals surface area contributed by atoms with Gasteiger partial charge in [0.25, 0.3) is 0 Å². The molecule has 0 aliphatic carbocycles. The minimum atomic E-state index is -0.883. The van der Waals surface area contributed by atoms with Gasteiger partial charge in [0.05, 0.1) is 5.56 Å². The molecule has 0 aliphatic rings. The second kappa shape index (κ2) is 7.95. The highest BCUT2D eigenvalue weighted by atomic mass is 35.5. The average Bonchev–Trinajstić information content (AvgIpc) is 2.28. The van der Waals surface area contributed by atoms with Crippen molar-refractivity contribution in [3.63, 3.8) is 0 Å². The maximum absolute atomic E-state index is 10.7. The summed E-state index contributed by atoms with van der Waals surface area (Å²) >= 11 is 0. The van der Waals surface area contributed by atoms with Crippen molar-refractivity contribution in [2.45, 2.75) is 6.42 Å². The fourth-order valence-electron chi connectivity index (χ4n) is 1.61. The third kappa shape index (κ3) is 5.38. The number of hydrogen-bond donors (Lipinski definition) is 1. The van der Waals surface area contributed by atoms with Crippen molar-refractivity contribution in [1.29, 1.82) is 0 Å². The normalized spacial score (nSPS) is 10.0. The minimum Gasteiger partial charge on any atom is -0.478 e. The summed E-state index contributed by atoms with van der Waals surface area (Å²) in [6.45, 7) is 2.02. The molecule has 0 saturated heterocycles. The number of hydrogen-bond acceptors (Lipinski definition) is 3. The van der Waals surface area contributed by atoms with E-state index in [0.29, 0.717) is 5.56 Å². The molecule has 0 heterocycles. The lowest BCUT2D eigenvalue weighted by Crippen LogP contribution is -2.23. The Labute approximate surface area is 115 Å². The molecule has 1 N–H and O–H groups in total. The number of carboxylic acids is 1. The van der Waals surface area contributed by atoms with Crippen molar-refractivity contribution in [2.75, 3.05) is 39.1 Å². The van der Waals surface area contributed by atoms with Crippen molar-refractivity contribution in [3.05, 3.63) is 29.8 Å². The monoisotopic (exact) mass is 272 g/mol. The summed E-state index contributed by atoms with van der Waals surface area (Å²) in [5.41, 5.74) is 1.38. The van der Waals surface area contributed by atoms with Gasteiger partial charge in [0.1, 0.15) is 0 Å². The third-order valence-electron chi connectivity index (χ3n) is 2.65. The molecule has 0 fully saturated rings. The number of carboxylic acid groups (broad SMARTS) is 1. The van der Waals surface area contributed by atoms with Crippen LogP contribution in [0.1, 0.15) is 16.8 Å². The molecule has 0 unspecified atom stereocenters. The van der Waals surface area contributed by atoms with Crippen LogP contribution in [0.4, 0.5) is 5.69 Å². The Morgan fingerprint density at radius 1 is 1.11 bits per heavy atom. The van der Waals surface area contributed by atoms with E-state index in [1.165, 1.54) is 0 Å². The van der Waals surface area contributed by atoms with Gasteiger partial charge in [-0.05, 0) is 51.3 Å². The summed E-state index contributed by atoms with van der Waals surface area (Å²) in [6, 6.07) is 6.97. The Hall–Kier alpha value is -1.26. The molecular weight excluding hydrogens is 252 g/mol. The van der Waals surface area contributed by atoms with Gasteiger partial charge in [-0.3, -0.25) is 0 Å². The van der Waals surface area contributed by atoms with E-state index in [-0.39, 0.29) is 12.4 Å². The summed E-state index contributed by atoms with van der Waals surface area (Å²) in [5, 5.41) is 8.80. The Bertz CT molecular complexity index is 366. The molecule has 0 atom stereocenters. The molecule has 5 heteroatoms. The zero-order valence-corrected chi connectivity index (χ0v) is 11.9. The van der Waals surface area contributed by atoms with Crippen LogP contribution in [0.25, 0.3) is 0 Å². The zero-order chi connectivity index (χ0) is 12.8. The molecule has 0 spiro atoms. The number of rotatable bonds is 6. The Kier molecular flexibility index (Phi) is 7.39. The summed E-state index contributed by atoms with van der Waals surface area (Å²) < 4.78 is 0. The summed E-state index contributed by atoms with van der Waals surface area (Å²) in [7, 11) is 6.13. The van der Waals surface area contributed by atoms with Gasteiger partial charge in [-0.1, -0.05) is 0 Å². The lowest BCUT2D eigenvalue weighted by atomic mass is 10.2. The average molecular weight is 273 g/mol. The van der Waals surface area contributed by atoms with E-state index in [1.807, 2.05) is 19.2 Å². The largest absolute Gasteiger partial charge is 0.478 e. The van der Waals surface area contributed by atoms with E-state index >= 15 is 0 Å². The van der Waals surface area contributed by atoms with Crippen LogP contribution in [0, 0.1) is 0 Å². The minimum absolute atomic E-state index is 0. The highest BCUT2D eigenvalue weighted by Gasteiger charge is 2.04. The number of nitrogens with zero attached hydrogens (tertiary/aromatic N) is 2. The third-order valence-corrected chi connectivity index (χ3v) is 2.65. The molecule has 0 amide bonds. The van der Waals surface area contributed by atoms with Crippen LogP contribution >= 0.6 is 12.4 Å². The zero-order valence-electron chi connectivity index (χ0n) is 11.1. The first kappa shape index (κ1) is 16.7. The molecular formula is C13H21ClN2O2. The smallest absolute Gasteiger partial charge is 0.335 e. The number of halogens is 1. The summed E-state index contributed by atoms with van der Waals surface area (Å²) in [6.07, 6.45) is 1.09. The first-order valence-corrected chi connectivity index (χ1v) is 5.70. The van der Waals surface area contributed by atoms with Gasteiger partial charge >= 0.3 is 5.97 Å². The van der Waals surface area contributed by atoms with Crippen molar-refractivity contribution >= 4 is 24.1 Å². The molecule has 1 aromatic carbocycles. The highest BCUT2D eigenvalue weighted by molar-refractivity contribution is 5.88. The van der Waals surface area contributed by atoms with Crippen LogP contribution in [-0.4, -0.2) is 50.2 Å². The predicted octanol–water partition coefficient (Wildman–Crippen LogP) is 2.19. The molecule has 1 rings (SSSR count). The molecule has 0 saturated carbocycles. The number of benzene rings is 1. The topological polar surface area (TPSA) is 43.8 Å². The van der Waals surface area contributed by atoms with Crippen LogP contribution in [-0.2, 0) is 0 Å². The Balaban J connectivity index is 0.00000289. The van der Waals surface area contributed by atoms with Crippen LogP contribution in [0.5, 0.6) is 0 Å². The van der Waals surface area contributed by atoms with E-state index in [0.717, 1.165) is 25.2 Å². The van der Waals surface area contributed by atoms with E-state index < -0.39 is 5.97 Å². The van der Waals surface area contributed by atoms with Gasteiger partial charge in [-0.2, -0.15) is 0 Å². The van der Waals surface area contributed by atoms with Gasteiger partial charge < -0.3 is 14.9 Å². The SMILES string of the molecule is CN(C)CCCN(C)c1ccc(C(=O)O)cc1.Cl. The van der Waals surface area contributed by atoms with Crippen LogP contribution in [0.15, 0.2) is 24.3 Å². The quantitative estimate of drug-likeness (QED) is 0.862. The van der Waals surface area contributed by atoms with Gasteiger partial charge in [-0.25, -0.2) is 4.79 Å². The van der Waals surface area contributed by atoms with Crippen molar-refractivity contribution in [2.24, 2.45) is 0 Å². The van der Waals surface area contributed by atoms with E-state index in [2.05, 4.69) is 23.9 Å². The Morgan fingerprint density at radius 2 is 1.67 bits per heavy atom. The van der Waals surface area contributed by atoms with Crippen LogP contribution < -0.4 is 4.90 Å². The van der Waals surface area contributed by atoms with Crippen molar-refractivity contribution in [1.82, 2.24) is 4.90 Å². The summed E-state index contributed by atoms with van der Waals surface area (Å²) in [4.78, 5) is 15.0. The van der Waals surface area contributed by atoms with Crippen LogP contribution in [0.2, 0.25) is 0 Å². The number of aromatic carboxylic acids is 1. The van der Waals surface area contributed by atoms with Crippen molar-refractivity contribution < 1.29 is 9.90 Å². The first-order valence-electron chi connectivity index (χ1n) is 5.70. The molecule has 102 valence electrons. The van der Waals surface area contributed by atoms with Crippen LogP contribution in [0.3, 0.4) is 0 Å². The van der Waals surface area contributed by atoms with E-state index in [4.69, 9.17) is 5.11 Å². The second-order valence-electron chi connectivity index (χ2n) is 4.43. The van der Waals surface area contributed by atoms with E-state index in [1.54, 1.807) is 12.1 Å². The number of anilines is 1. The van der Waals surface area contributed by atoms with E-state index in [9.17, 15) is 4.79 Å². The first-order chi connectivity index (χ1) is 8.00. The van der Waals surface area contributed by atoms with Gasteiger partial charge in [-0.15, -0.1) is 12.4 Å². The lowest BCUT2D eigenvalue weighted by molar-refractivity contribution is 0.0697. The van der Waals surface area contributed by atoms with Gasteiger partial charge in [0, 0.05) is 19.3 Å². The fraction of sp³-hybridized carbons (Fsp3) is 0.462. The van der Waals surface area contributed by atoms with Crippen molar-refractivity contribution in [3.8, 4) is 0 Å². The molecule has 0 aliphatic heterocycles. The Morgan fingerprint density at radius 3 is 2.11 bits per heavy atom. The maximum atomic E-state index is 10.7. The highest BCUT2D eigenvalue weighted by Crippen LogP contribution is 2.14. The molecule has 0 radical (unpaired) electrons. The lowest BCUT2D eigenvalue weighted by Gasteiger charge is -2.20. The summed E-state index contributed by atoms with van der Waals surface area (Å²) in [5.74, 6) is -0.883. The molecule has 0 aromatic heterocycles. The predicted molar refractivity (Wildman–Crippen MR) is 77.1 cm³/mol. The number of carbonyl (C=O) groups is 1. The van der Waals surface area contributed by atoms with Gasteiger partial charge in [0.15, 0.2) is 0 Å². The molecule has 1 aromatic rings. The van der Waals surface area contributed by atoms with Gasteiger partial charge in [0.2, 0.25) is 0 Å². The standard InChI is InChI=1S/C13H20N2O2.ClH/c1-14(2)9-4-10-15(3)12-7-5-11(6-8-12)13(16)17;/h5-8H,4,9-10H2,1-3H3,(H,16,17);1H. The molecule has 18 heavy (non-hydrogen) atoms. The maximum Gasteiger partial charge on any atom is 0.335 e. The molecule has 0 bridgehead atoms. The fourth-order valence-corrected chi connectivity index (χ4v) is 1.61. The molecule has 4 nitrogen and oxygen atoms in total.